The minimum absolute atomic E-state index is 0. The van der Waals surface area contributed by atoms with Crippen molar-refractivity contribution in [1.29, 1.82) is 0 Å². The van der Waals surface area contributed by atoms with E-state index in [2.05, 4.69) is 6.92 Å². The van der Waals surface area contributed by atoms with Crippen molar-refractivity contribution in [3.63, 3.8) is 0 Å². The van der Waals surface area contributed by atoms with Crippen LogP contribution in [0, 0.1) is 6.92 Å². The standard InChI is InChI=1S/C7H13O2.ClH.Zn/c1-5-6(8)9-7(2,3)4;;/h1,5H2,2-4H3;1H;/q-1;;+2/p-1. The molecule has 2 nitrogen and oxygen atoms in total. The van der Waals surface area contributed by atoms with Gasteiger partial charge >= 0.3 is 19.5 Å². The predicted molar refractivity (Wildman–Crippen MR) is 35.8 cm³/mol. The van der Waals surface area contributed by atoms with Crippen LogP contribution in [0.5, 0.6) is 0 Å². The second-order valence-corrected chi connectivity index (χ2v) is 2.84. The summed E-state index contributed by atoms with van der Waals surface area (Å²) in [6, 6.07) is 0. The Morgan fingerprint density at radius 1 is 1.45 bits per heavy atom. The van der Waals surface area contributed by atoms with Crippen molar-refractivity contribution in [2.24, 2.45) is 0 Å². The fourth-order valence-electron chi connectivity index (χ4n) is 0.393. The molecule has 0 atom stereocenters. The fraction of sp³-hybridized carbons (Fsp3) is 0.714. The first-order valence-corrected chi connectivity index (χ1v) is 2.97. The Morgan fingerprint density at radius 2 is 1.82 bits per heavy atom. The van der Waals surface area contributed by atoms with Gasteiger partial charge < -0.3 is 24.1 Å². The second kappa shape index (κ2) is 7.06. The largest absolute Gasteiger partial charge is 2.00 e. The molecular weight excluding hydrogens is 217 g/mol. The minimum Gasteiger partial charge on any atom is -1.00 e. The van der Waals surface area contributed by atoms with E-state index in [9.17, 15) is 4.79 Å². The van der Waals surface area contributed by atoms with Crippen molar-refractivity contribution < 1.29 is 41.4 Å². The van der Waals surface area contributed by atoms with Crippen LogP contribution in [0.2, 0.25) is 0 Å². The topological polar surface area (TPSA) is 26.3 Å². The Balaban J connectivity index is -0.000000320. The quantitative estimate of drug-likeness (QED) is 0.313. The van der Waals surface area contributed by atoms with Crippen molar-refractivity contribution in [2.45, 2.75) is 32.8 Å². The number of ether oxygens (including phenoxy) is 1. The van der Waals surface area contributed by atoms with Gasteiger partial charge in [0.15, 0.2) is 0 Å². The molecule has 0 aromatic carbocycles. The number of carbonyl (C=O) groups is 1. The Kier molecular flexibility index (Phi) is 11.2. The summed E-state index contributed by atoms with van der Waals surface area (Å²) in [5, 5.41) is 0. The first-order valence-electron chi connectivity index (χ1n) is 2.97. The van der Waals surface area contributed by atoms with E-state index in [1.807, 2.05) is 20.8 Å². The molecule has 0 spiro atoms. The number of carbonyl (C=O) groups excluding carboxylic acids is 1. The number of halogens is 1. The Hall–Kier alpha value is 0.383. The maximum Gasteiger partial charge on any atom is 2.00 e. The van der Waals surface area contributed by atoms with Crippen LogP contribution in [0.1, 0.15) is 27.2 Å². The summed E-state index contributed by atoms with van der Waals surface area (Å²) >= 11 is 0. The summed E-state index contributed by atoms with van der Waals surface area (Å²) in [4.78, 5) is 10.5. The zero-order valence-corrected chi connectivity index (χ0v) is 11.0. The van der Waals surface area contributed by atoms with Crippen LogP contribution in [0.15, 0.2) is 0 Å². The van der Waals surface area contributed by atoms with E-state index in [4.69, 9.17) is 4.74 Å². The molecular formula is C7H13ClO2Zn. The number of hydrogen-bond donors (Lipinski definition) is 0. The summed E-state index contributed by atoms with van der Waals surface area (Å²) in [6.45, 7) is 8.90. The molecule has 0 amide bonds. The Labute approximate surface area is 87.2 Å². The third kappa shape index (κ3) is 13.4. The number of rotatable bonds is 1. The maximum absolute atomic E-state index is 10.5. The average molecular weight is 230 g/mol. The van der Waals surface area contributed by atoms with Gasteiger partial charge in [-0.3, -0.25) is 4.79 Å². The van der Waals surface area contributed by atoms with Gasteiger partial charge in [-0.2, -0.15) is 0 Å². The molecule has 4 heteroatoms. The summed E-state index contributed by atoms with van der Waals surface area (Å²) in [5.41, 5.74) is -0.366. The second-order valence-electron chi connectivity index (χ2n) is 2.84. The van der Waals surface area contributed by atoms with Gasteiger partial charge in [0.2, 0.25) is 0 Å². The van der Waals surface area contributed by atoms with E-state index < -0.39 is 0 Å². The normalized spacial score (nSPS) is 9.09. The average Bonchev–Trinajstić information content (AvgIpc) is 1.62. The summed E-state index contributed by atoms with van der Waals surface area (Å²) in [6.07, 6.45) is 0.206. The molecule has 0 aliphatic heterocycles. The molecule has 0 aromatic rings. The molecule has 11 heavy (non-hydrogen) atoms. The Bertz CT molecular complexity index is 109. The first-order chi connectivity index (χ1) is 3.95. The van der Waals surface area contributed by atoms with Crippen molar-refractivity contribution in [2.75, 3.05) is 0 Å². The number of hydrogen-bond acceptors (Lipinski definition) is 2. The molecule has 0 saturated heterocycles. The first kappa shape index (κ1) is 17.5. The molecule has 0 N–H and O–H groups in total. The van der Waals surface area contributed by atoms with Crippen molar-refractivity contribution in [1.82, 2.24) is 0 Å². The zero-order chi connectivity index (χ0) is 7.49. The van der Waals surface area contributed by atoms with Crippen molar-refractivity contribution in [3.8, 4) is 0 Å². The molecule has 0 aliphatic rings. The van der Waals surface area contributed by atoms with Gasteiger partial charge in [-0.05, 0) is 20.8 Å². The van der Waals surface area contributed by atoms with Crippen LogP contribution in [-0.2, 0) is 29.0 Å². The van der Waals surface area contributed by atoms with Crippen LogP contribution >= 0.6 is 0 Å². The third-order valence-electron chi connectivity index (χ3n) is 0.624. The van der Waals surface area contributed by atoms with E-state index in [0.717, 1.165) is 0 Å². The maximum atomic E-state index is 10.5. The van der Waals surface area contributed by atoms with Crippen LogP contribution in [0.4, 0.5) is 0 Å². The SMILES string of the molecule is [CH2-]CC(=O)OC(C)(C)C.[Cl-].[Zn+2]. The van der Waals surface area contributed by atoms with Gasteiger partial charge in [0.05, 0.1) is 0 Å². The van der Waals surface area contributed by atoms with Gasteiger partial charge in [-0.15, -0.1) is 0 Å². The summed E-state index contributed by atoms with van der Waals surface area (Å²) in [7, 11) is 0. The van der Waals surface area contributed by atoms with Gasteiger partial charge in [0.1, 0.15) is 5.60 Å². The molecule has 0 saturated carbocycles. The van der Waals surface area contributed by atoms with E-state index in [1.54, 1.807) is 0 Å². The smallest absolute Gasteiger partial charge is 1.00 e. The molecule has 0 aliphatic carbocycles. The zero-order valence-electron chi connectivity index (χ0n) is 7.32. The van der Waals surface area contributed by atoms with Crippen LogP contribution in [-0.4, -0.2) is 11.6 Å². The van der Waals surface area contributed by atoms with Gasteiger partial charge in [-0.1, -0.05) is 6.42 Å². The molecule has 0 heterocycles. The van der Waals surface area contributed by atoms with Crippen LogP contribution in [0.3, 0.4) is 0 Å². The molecule has 0 radical (unpaired) electrons. The Morgan fingerprint density at radius 3 is 1.91 bits per heavy atom. The van der Waals surface area contributed by atoms with Gasteiger partial charge in [-0.25, -0.2) is 0 Å². The van der Waals surface area contributed by atoms with Crippen molar-refractivity contribution >= 4 is 5.97 Å². The van der Waals surface area contributed by atoms with E-state index in [1.165, 1.54) is 0 Å². The molecule has 0 bridgehead atoms. The van der Waals surface area contributed by atoms with E-state index in [-0.39, 0.29) is 49.9 Å². The van der Waals surface area contributed by atoms with E-state index >= 15 is 0 Å². The minimum atomic E-state index is -0.366. The molecule has 0 fully saturated rings. The van der Waals surface area contributed by atoms with Gasteiger partial charge in [0, 0.05) is 0 Å². The van der Waals surface area contributed by atoms with Crippen LogP contribution < -0.4 is 12.4 Å². The summed E-state index contributed by atoms with van der Waals surface area (Å²) in [5.74, 6) is -0.248. The fourth-order valence-corrected chi connectivity index (χ4v) is 0.393. The molecule has 0 unspecified atom stereocenters. The predicted octanol–water partition coefficient (Wildman–Crippen LogP) is -1.45. The van der Waals surface area contributed by atoms with Crippen molar-refractivity contribution in [3.05, 3.63) is 6.92 Å². The molecule has 62 valence electrons. The number of esters is 1. The van der Waals surface area contributed by atoms with Gasteiger partial charge in [0.25, 0.3) is 5.97 Å². The molecule has 0 rings (SSSR count). The van der Waals surface area contributed by atoms with Crippen LogP contribution in [0.25, 0.3) is 0 Å². The van der Waals surface area contributed by atoms with E-state index in [0.29, 0.717) is 0 Å². The summed E-state index contributed by atoms with van der Waals surface area (Å²) < 4.78 is 4.89. The third-order valence-corrected chi connectivity index (χ3v) is 0.624. The monoisotopic (exact) mass is 228 g/mol. The molecule has 0 aromatic heterocycles.